The molecule has 0 unspecified atom stereocenters. The molecule has 8 nitrogen and oxygen atoms in total. The minimum Gasteiger partial charge on any atom is -0.478 e. The van der Waals surface area contributed by atoms with Crippen LogP contribution in [-0.4, -0.2) is 35.1 Å². The van der Waals surface area contributed by atoms with Gasteiger partial charge in [0.15, 0.2) is 0 Å². The standard InChI is InChI=1S/C24H28N4O4/c1-15-7-3-5-9-19(15)26-21-12-11-17(24(31)32)13-18(21)14-25-28-23(30)22(29)27-20-10-6-4-8-16(20)2/h3,5,7,9,11-14,16,20,26H,4,6,8,10H2,1-2H3,(H,27,29)(H,28,30)(H,31,32)/b25-14-/t16-,20-/m1/s1. The van der Waals surface area contributed by atoms with Crippen molar-refractivity contribution in [3.63, 3.8) is 0 Å². The number of para-hydroxylation sites is 1. The molecule has 1 saturated carbocycles. The summed E-state index contributed by atoms with van der Waals surface area (Å²) in [5.41, 5.74) is 5.25. The first-order chi connectivity index (χ1) is 15.3. The monoisotopic (exact) mass is 436 g/mol. The van der Waals surface area contributed by atoms with Crippen LogP contribution in [0.4, 0.5) is 11.4 Å². The number of amides is 2. The Morgan fingerprint density at radius 1 is 1.03 bits per heavy atom. The Kier molecular flexibility index (Phi) is 7.59. The highest BCUT2D eigenvalue weighted by Gasteiger charge is 2.25. The minimum absolute atomic E-state index is 0.0110. The van der Waals surface area contributed by atoms with Crippen molar-refractivity contribution in [2.45, 2.75) is 45.6 Å². The molecule has 0 spiro atoms. The first kappa shape index (κ1) is 23.0. The Morgan fingerprint density at radius 3 is 2.50 bits per heavy atom. The van der Waals surface area contributed by atoms with Gasteiger partial charge in [0, 0.05) is 23.0 Å². The lowest BCUT2D eigenvalue weighted by Crippen LogP contribution is -2.46. The maximum atomic E-state index is 12.2. The van der Waals surface area contributed by atoms with Gasteiger partial charge in [-0.1, -0.05) is 38.0 Å². The Balaban J connectivity index is 1.70. The number of hydrogen-bond acceptors (Lipinski definition) is 5. The van der Waals surface area contributed by atoms with Crippen LogP contribution < -0.4 is 16.1 Å². The quantitative estimate of drug-likeness (QED) is 0.313. The summed E-state index contributed by atoms with van der Waals surface area (Å²) in [6, 6.07) is 12.2. The molecule has 0 aliphatic heterocycles. The van der Waals surface area contributed by atoms with Gasteiger partial charge in [0.2, 0.25) is 0 Å². The number of benzene rings is 2. The van der Waals surface area contributed by atoms with E-state index in [2.05, 4.69) is 28.1 Å². The SMILES string of the molecule is Cc1ccccc1Nc1ccc(C(=O)O)cc1/C=N\NC(=O)C(=O)N[C@@H]1CCCC[C@H]1C. The van der Waals surface area contributed by atoms with E-state index in [1.807, 2.05) is 31.2 Å². The lowest BCUT2D eigenvalue weighted by molar-refractivity contribution is -0.139. The third-order valence-electron chi connectivity index (χ3n) is 5.72. The number of aromatic carboxylic acids is 1. The summed E-state index contributed by atoms with van der Waals surface area (Å²) < 4.78 is 0. The summed E-state index contributed by atoms with van der Waals surface area (Å²) in [5, 5.41) is 19.2. The smallest absolute Gasteiger partial charge is 0.335 e. The molecule has 0 aromatic heterocycles. The molecule has 2 amide bonds. The highest BCUT2D eigenvalue weighted by atomic mass is 16.4. The van der Waals surface area contributed by atoms with Gasteiger partial charge in [-0.05, 0) is 55.5 Å². The Labute approximate surface area is 187 Å². The van der Waals surface area contributed by atoms with Crippen LogP contribution in [-0.2, 0) is 9.59 Å². The van der Waals surface area contributed by atoms with Crippen molar-refractivity contribution in [3.8, 4) is 0 Å². The Bertz CT molecular complexity index is 1030. The molecule has 32 heavy (non-hydrogen) atoms. The minimum atomic E-state index is -1.08. The van der Waals surface area contributed by atoms with E-state index in [-0.39, 0.29) is 11.6 Å². The Hall–Kier alpha value is -3.68. The number of carbonyl (C=O) groups is 3. The fraction of sp³-hybridized carbons (Fsp3) is 0.333. The molecule has 2 aromatic rings. The van der Waals surface area contributed by atoms with Crippen molar-refractivity contribution in [1.82, 2.24) is 10.7 Å². The second-order valence-corrected chi connectivity index (χ2v) is 8.09. The molecule has 0 bridgehead atoms. The summed E-state index contributed by atoms with van der Waals surface area (Å²) in [7, 11) is 0. The molecular formula is C24H28N4O4. The largest absolute Gasteiger partial charge is 0.478 e. The van der Waals surface area contributed by atoms with Gasteiger partial charge < -0.3 is 15.7 Å². The number of nitrogens with zero attached hydrogens (tertiary/aromatic N) is 1. The number of nitrogens with one attached hydrogen (secondary N) is 3. The van der Waals surface area contributed by atoms with Crippen LogP contribution in [0.5, 0.6) is 0 Å². The third kappa shape index (κ3) is 5.94. The molecule has 8 heteroatoms. The lowest BCUT2D eigenvalue weighted by atomic mass is 9.86. The summed E-state index contributed by atoms with van der Waals surface area (Å²) in [6.45, 7) is 4.02. The van der Waals surface area contributed by atoms with Crippen molar-refractivity contribution in [1.29, 1.82) is 0 Å². The van der Waals surface area contributed by atoms with E-state index >= 15 is 0 Å². The number of carboxylic acids is 1. The first-order valence-corrected chi connectivity index (χ1v) is 10.7. The molecule has 4 N–H and O–H groups in total. The van der Waals surface area contributed by atoms with Crippen molar-refractivity contribution in [2.75, 3.05) is 5.32 Å². The number of hydrazone groups is 1. The summed E-state index contributed by atoms with van der Waals surface area (Å²) in [5.74, 6) is -2.33. The van der Waals surface area contributed by atoms with E-state index in [9.17, 15) is 19.5 Å². The van der Waals surface area contributed by atoms with Gasteiger partial charge in [-0.3, -0.25) is 9.59 Å². The normalized spacial score (nSPS) is 18.2. The highest BCUT2D eigenvalue weighted by molar-refractivity contribution is 6.35. The van der Waals surface area contributed by atoms with Gasteiger partial charge in [-0.25, -0.2) is 10.2 Å². The second kappa shape index (κ2) is 10.6. The number of rotatable bonds is 6. The molecule has 1 aliphatic carbocycles. The predicted molar refractivity (Wildman–Crippen MR) is 123 cm³/mol. The first-order valence-electron chi connectivity index (χ1n) is 10.7. The molecule has 0 heterocycles. The van der Waals surface area contributed by atoms with Crippen molar-refractivity contribution < 1.29 is 19.5 Å². The molecule has 3 rings (SSSR count). The topological polar surface area (TPSA) is 120 Å². The van der Waals surface area contributed by atoms with Gasteiger partial charge in [0.1, 0.15) is 0 Å². The fourth-order valence-corrected chi connectivity index (χ4v) is 3.75. The van der Waals surface area contributed by atoms with Crippen LogP contribution in [0.2, 0.25) is 0 Å². The molecule has 0 radical (unpaired) electrons. The third-order valence-corrected chi connectivity index (χ3v) is 5.72. The van der Waals surface area contributed by atoms with Gasteiger partial charge >= 0.3 is 17.8 Å². The average Bonchev–Trinajstić information content (AvgIpc) is 2.77. The molecule has 1 aliphatic rings. The van der Waals surface area contributed by atoms with Crippen LogP contribution in [0.15, 0.2) is 47.6 Å². The van der Waals surface area contributed by atoms with Crippen LogP contribution in [0.25, 0.3) is 0 Å². The molecular weight excluding hydrogens is 408 g/mol. The highest BCUT2D eigenvalue weighted by Crippen LogP contribution is 2.24. The van der Waals surface area contributed by atoms with Gasteiger partial charge in [0.05, 0.1) is 11.8 Å². The number of carbonyl (C=O) groups excluding carboxylic acids is 2. The maximum absolute atomic E-state index is 12.2. The number of anilines is 2. The van der Waals surface area contributed by atoms with Crippen LogP contribution in [0, 0.1) is 12.8 Å². The van der Waals surface area contributed by atoms with Gasteiger partial charge in [0.25, 0.3) is 0 Å². The van der Waals surface area contributed by atoms with Crippen molar-refractivity contribution >= 4 is 35.4 Å². The lowest BCUT2D eigenvalue weighted by Gasteiger charge is -2.29. The summed E-state index contributed by atoms with van der Waals surface area (Å²) in [4.78, 5) is 35.7. The van der Waals surface area contributed by atoms with E-state index in [1.54, 1.807) is 6.07 Å². The van der Waals surface area contributed by atoms with E-state index < -0.39 is 17.8 Å². The molecule has 0 saturated heterocycles. The van der Waals surface area contributed by atoms with E-state index in [0.717, 1.165) is 36.9 Å². The zero-order valence-corrected chi connectivity index (χ0v) is 18.2. The van der Waals surface area contributed by atoms with E-state index in [0.29, 0.717) is 17.2 Å². The second-order valence-electron chi connectivity index (χ2n) is 8.09. The average molecular weight is 437 g/mol. The molecule has 2 atom stereocenters. The predicted octanol–water partition coefficient (Wildman–Crippen LogP) is 3.58. The molecule has 168 valence electrons. The van der Waals surface area contributed by atoms with Gasteiger partial charge in [-0.15, -0.1) is 0 Å². The molecule has 2 aromatic carbocycles. The zero-order chi connectivity index (χ0) is 23.1. The Morgan fingerprint density at radius 2 is 1.78 bits per heavy atom. The summed E-state index contributed by atoms with van der Waals surface area (Å²) in [6.07, 6.45) is 5.38. The van der Waals surface area contributed by atoms with Gasteiger partial charge in [-0.2, -0.15) is 5.10 Å². The number of carboxylic acid groups (broad SMARTS) is 1. The van der Waals surface area contributed by atoms with Crippen molar-refractivity contribution in [3.05, 3.63) is 59.2 Å². The maximum Gasteiger partial charge on any atom is 0.335 e. The van der Waals surface area contributed by atoms with Crippen LogP contribution >= 0.6 is 0 Å². The zero-order valence-electron chi connectivity index (χ0n) is 18.2. The summed E-state index contributed by atoms with van der Waals surface area (Å²) >= 11 is 0. The van der Waals surface area contributed by atoms with Crippen LogP contribution in [0.3, 0.4) is 0 Å². The van der Waals surface area contributed by atoms with Crippen LogP contribution in [0.1, 0.15) is 54.1 Å². The number of hydrogen-bond donors (Lipinski definition) is 4. The van der Waals surface area contributed by atoms with Crippen molar-refractivity contribution in [2.24, 2.45) is 11.0 Å². The van der Waals surface area contributed by atoms with E-state index in [4.69, 9.17) is 0 Å². The number of aryl methyl sites for hydroxylation is 1. The molecule has 1 fully saturated rings. The fourth-order valence-electron chi connectivity index (χ4n) is 3.75. The van der Waals surface area contributed by atoms with E-state index in [1.165, 1.54) is 18.3 Å².